The van der Waals surface area contributed by atoms with E-state index in [0.717, 1.165) is 17.8 Å². The molecule has 0 spiro atoms. The van der Waals surface area contributed by atoms with E-state index in [1.807, 2.05) is 13.8 Å². The highest BCUT2D eigenvalue weighted by molar-refractivity contribution is 5.55. The standard InChI is InChI=1S/C14H22N4/c1-9(14(4,5)6)8-16-13-12(7-15)10(2)11(3)17-18-13/h9H,8H2,1-6H3,(H,16,18). The molecule has 1 atom stereocenters. The van der Waals surface area contributed by atoms with Crippen LogP contribution in [0.4, 0.5) is 5.82 Å². The van der Waals surface area contributed by atoms with Crippen LogP contribution in [-0.4, -0.2) is 16.7 Å². The van der Waals surface area contributed by atoms with Gasteiger partial charge < -0.3 is 5.32 Å². The lowest BCUT2D eigenvalue weighted by molar-refractivity contribution is 0.274. The number of nitrogens with zero attached hydrogens (tertiary/aromatic N) is 3. The van der Waals surface area contributed by atoms with Crippen molar-refractivity contribution in [1.29, 1.82) is 5.26 Å². The molecule has 98 valence electrons. The lowest BCUT2D eigenvalue weighted by Gasteiger charge is -2.27. The van der Waals surface area contributed by atoms with E-state index in [9.17, 15) is 5.26 Å². The molecule has 0 amide bonds. The Morgan fingerprint density at radius 2 is 1.89 bits per heavy atom. The molecule has 1 aromatic rings. The second-order valence-electron chi connectivity index (χ2n) is 5.89. The Morgan fingerprint density at radius 1 is 1.28 bits per heavy atom. The second kappa shape index (κ2) is 5.34. The summed E-state index contributed by atoms with van der Waals surface area (Å²) in [5.74, 6) is 1.07. The first kappa shape index (κ1) is 14.4. The Labute approximate surface area is 109 Å². The Balaban J connectivity index is 2.87. The first-order valence-corrected chi connectivity index (χ1v) is 6.25. The van der Waals surface area contributed by atoms with Gasteiger partial charge in [0.1, 0.15) is 11.6 Å². The van der Waals surface area contributed by atoms with Crippen molar-refractivity contribution in [2.24, 2.45) is 11.3 Å². The number of rotatable bonds is 3. The van der Waals surface area contributed by atoms with Crippen molar-refractivity contribution in [3.8, 4) is 6.07 Å². The Morgan fingerprint density at radius 3 is 2.39 bits per heavy atom. The van der Waals surface area contributed by atoms with E-state index in [2.05, 4.69) is 49.3 Å². The SMILES string of the molecule is Cc1nnc(NCC(C)C(C)(C)C)c(C#N)c1C. The van der Waals surface area contributed by atoms with Crippen LogP contribution in [0, 0.1) is 36.5 Å². The summed E-state index contributed by atoms with van der Waals surface area (Å²) in [6.45, 7) is 13.4. The molecule has 0 saturated carbocycles. The number of anilines is 1. The molecule has 0 saturated heterocycles. The van der Waals surface area contributed by atoms with Crippen molar-refractivity contribution in [2.45, 2.75) is 41.5 Å². The zero-order valence-corrected chi connectivity index (χ0v) is 12.1. The smallest absolute Gasteiger partial charge is 0.166 e. The predicted molar refractivity (Wildman–Crippen MR) is 73.3 cm³/mol. The summed E-state index contributed by atoms with van der Waals surface area (Å²) >= 11 is 0. The third kappa shape index (κ3) is 3.19. The molecule has 1 heterocycles. The van der Waals surface area contributed by atoms with Crippen molar-refractivity contribution in [2.75, 3.05) is 11.9 Å². The van der Waals surface area contributed by atoms with E-state index in [4.69, 9.17) is 0 Å². The summed E-state index contributed by atoms with van der Waals surface area (Å²) in [7, 11) is 0. The van der Waals surface area contributed by atoms with E-state index in [0.29, 0.717) is 17.3 Å². The molecule has 0 radical (unpaired) electrons. The minimum Gasteiger partial charge on any atom is -0.367 e. The average Bonchev–Trinajstić information content (AvgIpc) is 2.29. The molecule has 4 heteroatoms. The maximum Gasteiger partial charge on any atom is 0.166 e. The molecule has 0 aromatic carbocycles. The third-order valence-electron chi connectivity index (χ3n) is 3.62. The van der Waals surface area contributed by atoms with Crippen LogP contribution in [0.2, 0.25) is 0 Å². The van der Waals surface area contributed by atoms with Crippen molar-refractivity contribution in [3.05, 3.63) is 16.8 Å². The van der Waals surface area contributed by atoms with Crippen LogP contribution >= 0.6 is 0 Å². The van der Waals surface area contributed by atoms with Gasteiger partial charge in [-0.25, -0.2) is 0 Å². The summed E-state index contributed by atoms with van der Waals surface area (Å²) in [6.07, 6.45) is 0. The number of hydrogen-bond acceptors (Lipinski definition) is 4. The van der Waals surface area contributed by atoms with Gasteiger partial charge in [-0.05, 0) is 30.7 Å². The van der Waals surface area contributed by atoms with Crippen LogP contribution in [0.3, 0.4) is 0 Å². The maximum absolute atomic E-state index is 9.19. The Bertz CT molecular complexity index is 466. The fourth-order valence-electron chi connectivity index (χ4n) is 1.43. The molecular weight excluding hydrogens is 224 g/mol. The molecule has 0 aliphatic rings. The van der Waals surface area contributed by atoms with Crippen LogP contribution in [-0.2, 0) is 0 Å². The van der Waals surface area contributed by atoms with Crippen molar-refractivity contribution in [1.82, 2.24) is 10.2 Å². The summed E-state index contributed by atoms with van der Waals surface area (Å²) in [4.78, 5) is 0. The molecule has 1 unspecified atom stereocenters. The summed E-state index contributed by atoms with van der Waals surface area (Å²) in [5, 5.41) is 20.6. The van der Waals surface area contributed by atoms with Gasteiger partial charge in [-0.3, -0.25) is 0 Å². The highest BCUT2D eigenvalue weighted by atomic mass is 15.2. The maximum atomic E-state index is 9.19. The van der Waals surface area contributed by atoms with Crippen LogP contribution in [0.15, 0.2) is 0 Å². The van der Waals surface area contributed by atoms with Crippen LogP contribution in [0.1, 0.15) is 44.5 Å². The Hall–Kier alpha value is -1.63. The van der Waals surface area contributed by atoms with Crippen molar-refractivity contribution < 1.29 is 0 Å². The fourth-order valence-corrected chi connectivity index (χ4v) is 1.43. The fraction of sp³-hybridized carbons (Fsp3) is 0.643. The lowest BCUT2D eigenvalue weighted by Crippen LogP contribution is -2.25. The van der Waals surface area contributed by atoms with Crippen molar-refractivity contribution >= 4 is 5.82 Å². The molecule has 0 bridgehead atoms. The third-order valence-corrected chi connectivity index (χ3v) is 3.62. The van der Waals surface area contributed by atoms with Gasteiger partial charge in [-0.2, -0.15) is 10.4 Å². The quantitative estimate of drug-likeness (QED) is 0.890. The van der Waals surface area contributed by atoms with E-state index >= 15 is 0 Å². The van der Waals surface area contributed by atoms with Gasteiger partial charge in [0.2, 0.25) is 0 Å². The minimum absolute atomic E-state index is 0.229. The first-order valence-electron chi connectivity index (χ1n) is 6.25. The van der Waals surface area contributed by atoms with Gasteiger partial charge >= 0.3 is 0 Å². The number of nitriles is 1. The zero-order valence-electron chi connectivity index (χ0n) is 12.1. The number of hydrogen-bond donors (Lipinski definition) is 1. The minimum atomic E-state index is 0.229. The van der Waals surface area contributed by atoms with E-state index in [1.165, 1.54) is 0 Å². The monoisotopic (exact) mass is 246 g/mol. The number of aryl methyl sites for hydroxylation is 1. The highest BCUT2D eigenvalue weighted by Gasteiger charge is 2.20. The highest BCUT2D eigenvalue weighted by Crippen LogP contribution is 2.26. The first-order chi connectivity index (χ1) is 8.27. The van der Waals surface area contributed by atoms with Crippen LogP contribution < -0.4 is 5.32 Å². The molecular formula is C14H22N4. The molecule has 4 nitrogen and oxygen atoms in total. The summed E-state index contributed by atoms with van der Waals surface area (Å²) in [6, 6.07) is 2.20. The molecule has 0 fully saturated rings. The van der Waals surface area contributed by atoms with E-state index in [1.54, 1.807) is 0 Å². The molecule has 1 rings (SSSR count). The molecule has 0 aliphatic carbocycles. The van der Waals surface area contributed by atoms with Gasteiger partial charge in [0, 0.05) is 6.54 Å². The van der Waals surface area contributed by atoms with E-state index < -0.39 is 0 Å². The van der Waals surface area contributed by atoms with Gasteiger partial charge in [-0.15, -0.1) is 5.10 Å². The largest absolute Gasteiger partial charge is 0.367 e. The molecule has 0 aliphatic heterocycles. The normalized spacial score (nSPS) is 12.9. The summed E-state index contributed by atoms with van der Waals surface area (Å²) < 4.78 is 0. The summed E-state index contributed by atoms with van der Waals surface area (Å²) in [5.41, 5.74) is 2.54. The number of aromatic nitrogens is 2. The van der Waals surface area contributed by atoms with Gasteiger partial charge in [-0.1, -0.05) is 27.7 Å². The van der Waals surface area contributed by atoms with E-state index in [-0.39, 0.29) is 5.41 Å². The zero-order chi connectivity index (χ0) is 13.9. The van der Waals surface area contributed by atoms with Gasteiger partial charge in [0.05, 0.1) is 5.69 Å². The van der Waals surface area contributed by atoms with Crippen molar-refractivity contribution in [3.63, 3.8) is 0 Å². The van der Waals surface area contributed by atoms with Crippen LogP contribution in [0.25, 0.3) is 0 Å². The average molecular weight is 246 g/mol. The van der Waals surface area contributed by atoms with Crippen LogP contribution in [0.5, 0.6) is 0 Å². The predicted octanol–water partition coefficient (Wildman–Crippen LogP) is 3.06. The number of nitrogens with one attached hydrogen (secondary N) is 1. The lowest BCUT2D eigenvalue weighted by atomic mass is 9.82. The Kier molecular flexibility index (Phi) is 4.28. The molecule has 18 heavy (non-hydrogen) atoms. The second-order valence-corrected chi connectivity index (χ2v) is 5.89. The molecule has 1 aromatic heterocycles. The topological polar surface area (TPSA) is 61.6 Å². The molecule has 1 N–H and O–H groups in total. The van der Waals surface area contributed by atoms with Gasteiger partial charge in [0.15, 0.2) is 5.82 Å². The van der Waals surface area contributed by atoms with Gasteiger partial charge in [0.25, 0.3) is 0 Å².